The Labute approximate surface area is 113 Å². The fourth-order valence-corrected chi connectivity index (χ4v) is 2.74. The van der Waals surface area contributed by atoms with E-state index in [4.69, 9.17) is 5.11 Å². The maximum absolute atomic E-state index is 12.0. The third kappa shape index (κ3) is 5.76. The van der Waals surface area contributed by atoms with Crippen LogP contribution >= 0.6 is 11.8 Å². The van der Waals surface area contributed by atoms with Crippen molar-refractivity contribution in [3.8, 4) is 0 Å². The molecular weight excluding hydrogens is 250 g/mol. The largest absolute Gasteiger partial charge is 0.481 e. The highest BCUT2D eigenvalue weighted by Crippen LogP contribution is 2.25. The number of aliphatic carboxylic acids is 1. The molecule has 0 aromatic carbocycles. The maximum atomic E-state index is 12.0. The van der Waals surface area contributed by atoms with Gasteiger partial charge in [-0.2, -0.15) is 0 Å². The molecule has 1 amide bonds. The van der Waals surface area contributed by atoms with Crippen LogP contribution in [0, 0.1) is 5.92 Å². The lowest BCUT2D eigenvalue weighted by atomic mass is 9.94. The molecule has 1 aliphatic rings. The van der Waals surface area contributed by atoms with Crippen LogP contribution < -0.4 is 0 Å². The van der Waals surface area contributed by atoms with E-state index in [-0.39, 0.29) is 23.0 Å². The number of hydrogen-bond donors (Lipinski definition) is 1. The highest BCUT2D eigenvalue weighted by molar-refractivity contribution is 8.01. The number of carbonyl (C=O) groups excluding carboxylic acids is 1. The SMILES string of the molecule is CC(C)(C)SCC(=O)N1CCC(CC(=O)O)CC1. The molecule has 1 rings (SSSR count). The Morgan fingerprint density at radius 2 is 1.83 bits per heavy atom. The zero-order valence-corrected chi connectivity index (χ0v) is 12.3. The number of hydrogen-bond acceptors (Lipinski definition) is 3. The molecule has 0 spiro atoms. The van der Waals surface area contributed by atoms with Crippen molar-refractivity contribution in [2.24, 2.45) is 5.92 Å². The highest BCUT2D eigenvalue weighted by atomic mass is 32.2. The summed E-state index contributed by atoms with van der Waals surface area (Å²) in [5, 5.41) is 8.73. The Kier molecular flexibility index (Phi) is 5.50. The van der Waals surface area contributed by atoms with Gasteiger partial charge in [0.1, 0.15) is 0 Å². The molecule has 1 aliphatic heterocycles. The van der Waals surface area contributed by atoms with Gasteiger partial charge < -0.3 is 10.0 Å². The molecule has 0 bridgehead atoms. The van der Waals surface area contributed by atoms with Gasteiger partial charge in [-0.25, -0.2) is 0 Å². The zero-order chi connectivity index (χ0) is 13.8. The Hall–Kier alpha value is -0.710. The highest BCUT2D eigenvalue weighted by Gasteiger charge is 2.25. The molecule has 1 N–H and O–H groups in total. The quantitative estimate of drug-likeness (QED) is 0.853. The summed E-state index contributed by atoms with van der Waals surface area (Å²) in [5.74, 6) is 0.209. The number of nitrogens with zero attached hydrogens (tertiary/aromatic N) is 1. The van der Waals surface area contributed by atoms with E-state index in [1.807, 2.05) is 4.90 Å². The summed E-state index contributed by atoms with van der Waals surface area (Å²) in [7, 11) is 0. The van der Waals surface area contributed by atoms with Gasteiger partial charge in [0.15, 0.2) is 0 Å². The van der Waals surface area contributed by atoms with Crippen molar-refractivity contribution < 1.29 is 14.7 Å². The lowest BCUT2D eigenvalue weighted by Crippen LogP contribution is -2.40. The molecule has 0 atom stereocenters. The van der Waals surface area contributed by atoms with Crippen LogP contribution in [0.4, 0.5) is 0 Å². The topological polar surface area (TPSA) is 57.6 Å². The third-order valence-corrected chi connectivity index (χ3v) is 4.32. The maximum Gasteiger partial charge on any atom is 0.303 e. The van der Waals surface area contributed by atoms with Crippen LogP contribution in [0.3, 0.4) is 0 Å². The third-order valence-electron chi connectivity index (χ3n) is 3.06. The van der Waals surface area contributed by atoms with Gasteiger partial charge in [-0.1, -0.05) is 20.8 Å². The van der Waals surface area contributed by atoms with Gasteiger partial charge in [0, 0.05) is 24.3 Å². The van der Waals surface area contributed by atoms with Gasteiger partial charge in [0.2, 0.25) is 5.91 Å². The number of rotatable bonds is 4. The van der Waals surface area contributed by atoms with Crippen molar-refractivity contribution in [3.05, 3.63) is 0 Å². The molecule has 0 aliphatic carbocycles. The summed E-state index contributed by atoms with van der Waals surface area (Å²) >= 11 is 1.66. The van der Waals surface area contributed by atoms with Gasteiger partial charge >= 0.3 is 5.97 Å². The Morgan fingerprint density at radius 1 is 1.28 bits per heavy atom. The molecule has 4 nitrogen and oxygen atoms in total. The molecule has 0 radical (unpaired) electrons. The summed E-state index contributed by atoms with van der Waals surface area (Å²) in [6.07, 6.45) is 1.87. The Bertz CT molecular complexity index is 304. The van der Waals surface area contributed by atoms with Crippen molar-refractivity contribution in [2.45, 2.75) is 44.8 Å². The van der Waals surface area contributed by atoms with Crippen LogP contribution in [-0.4, -0.2) is 45.5 Å². The van der Waals surface area contributed by atoms with E-state index in [1.54, 1.807) is 11.8 Å². The van der Waals surface area contributed by atoms with E-state index in [0.717, 1.165) is 12.8 Å². The molecule has 1 saturated heterocycles. The number of piperidine rings is 1. The number of carboxylic acid groups (broad SMARTS) is 1. The second-order valence-electron chi connectivity index (χ2n) is 5.82. The fraction of sp³-hybridized carbons (Fsp3) is 0.846. The van der Waals surface area contributed by atoms with Crippen LogP contribution in [0.5, 0.6) is 0 Å². The number of thioether (sulfide) groups is 1. The first-order chi connectivity index (χ1) is 8.28. The van der Waals surface area contributed by atoms with Crippen molar-refractivity contribution in [1.82, 2.24) is 4.90 Å². The summed E-state index contributed by atoms with van der Waals surface area (Å²) < 4.78 is 0.108. The monoisotopic (exact) mass is 273 g/mol. The Morgan fingerprint density at radius 3 is 2.28 bits per heavy atom. The zero-order valence-electron chi connectivity index (χ0n) is 11.4. The Balaban J connectivity index is 2.29. The van der Waals surface area contributed by atoms with Crippen LogP contribution in [-0.2, 0) is 9.59 Å². The number of carboxylic acids is 1. The summed E-state index contributed by atoms with van der Waals surface area (Å²) in [4.78, 5) is 24.4. The van der Waals surface area contributed by atoms with Crippen molar-refractivity contribution in [2.75, 3.05) is 18.8 Å². The van der Waals surface area contributed by atoms with Crippen LogP contribution in [0.15, 0.2) is 0 Å². The number of carbonyl (C=O) groups is 2. The van der Waals surface area contributed by atoms with E-state index in [1.165, 1.54) is 0 Å². The van der Waals surface area contributed by atoms with Crippen molar-refractivity contribution in [1.29, 1.82) is 0 Å². The molecule has 0 unspecified atom stereocenters. The van der Waals surface area contributed by atoms with Crippen LogP contribution in [0.25, 0.3) is 0 Å². The normalized spacial score (nSPS) is 17.8. The predicted octanol–water partition coefficient (Wildman–Crippen LogP) is 2.23. The van der Waals surface area contributed by atoms with Crippen molar-refractivity contribution in [3.63, 3.8) is 0 Å². The molecule has 104 valence electrons. The van der Waals surface area contributed by atoms with Crippen LogP contribution in [0.1, 0.15) is 40.0 Å². The fourth-order valence-electron chi connectivity index (χ4n) is 2.00. The average Bonchev–Trinajstić information content (AvgIpc) is 2.25. The average molecular weight is 273 g/mol. The summed E-state index contributed by atoms with van der Waals surface area (Å²) in [6, 6.07) is 0. The minimum absolute atomic E-state index is 0.108. The first-order valence-corrected chi connectivity index (χ1v) is 7.40. The molecule has 0 aromatic heterocycles. The van der Waals surface area contributed by atoms with E-state index in [2.05, 4.69) is 20.8 Å². The lowest BCUT2D eigenvalue weighted by molar-refractivity contribution is -0.138. The lowest BCUT2D eigenvalue weighted by Gasteiger charge is -2.32. The van der Waals surface area contributed by atoms with E-state index in [9.17, 15) is 9.59 Å². The number of likely N-dealkylation sites (tertiary alicyclic amines) is 1. The first-order valence-electron chi connectivity index (χ1n) is 6.41. The molecular formula is C13H23NO3S. The number of amides is 1. The smallest absolute Gasteiger partial charge is 0.303 e. The molecule has 1 heterocycles. The molecule has 0 aromatic rings. The van der Waals surface area contributed by atoms with Gasteiger partial charge in [0.05, 0.1) is 5.75 Å². The second-order valence-corrected chi connectivity index (χ2v) is 7.63. The van der Waals surface area contributed by atoms with Gasteiger partial charge in [-0.15, -0.1) is 11.8 Å². The minimum atomic E-state index is -0.733. The first kappa shape index (κ1) is 15.3. The molecule has 0 saturated carbocycles. The van der Waals surface area contributed by atoms with Gasteiger partial charge in [-0.3, -0.25) is 9.59 Å². The van der Waals surface area contributed by atoms with Gasteiger partial charge in [-0.05, 0) is 18.8 Å². The summed E-state index contributed by atoms with van der Waals surface area (Å²) in [5.41, 5.74) is 0. The van der Waals surface area contributed by atoms with E-state index < -0.39 is 5.97 Å². The second kappa shape index (κ2) is 6.45. The standard InChI is InChI=1S/C13H23NO3S/c1-13(2,3)18-9-11(15)14-6-4-10(5-7-14)8-12(16)17/h10H,4-9H2,1-3H3,(H,16,17). The van der Waals surface area contributed by atoms with Gasteiger partial charge in [0.25, 0.3) is 0 Å². The van der Waals surface area contributed by atoms with E-state index >= 15 is 0 Å². The van der Waals surface area contributed by atoms with E-state index in [0.29, 0.717) is 18.8 Å². The predicted molar refractivity (Wildman–Crippen MR) is 73.8 cm³/mol. The minimum Gasteiger partial charge on any atom is -0.481 e. The van der Waals surface area contributed by atoms with Crippen molar-refractivity contribution >= 4 is 23.6 Å². The molecule has 1 fully saturated rings. The summed E-state index contributed by atoms with van der Waals surface area (Å²) in [6.45, 7) is 7.72. The van der Waals surface area contributed by atoms with Crippen LogP contribution in [0.2, 0.25) is 0 Å². The molecule has 5 heteroatoms. The molecule has 18 heavy (non-hydrogen) atoms.